The number of nitrogen functional groups attached to an aromatic ring is 1. The lowest BCUT2D eigenvalue weighted by Crippen LogP contribution is -1.98. The van der Waals surface area contributed by atoms with Gasteiger partial charge in [0.2, 0.25) is 0 Å². The largest absolute Gasteiger partial charge is 0.448 e. The van der Waals surface area contributed by atoms with Gasteiger partial charge in [0, 0.05) is 17.6 Å². The lowest BCUT2D eigenvalue weighted by Gasteiger charge is -2.06. The van der Waals surface area contributed by atoms with E-state index in [1.54, 1.807) is 29.9 Å². The fraction of sp³-hybridized carbons (Fsp3) is 0.0714. The summed E-state index contributed by atoms with van der Waals surface area (Å²) in [5.41, 5.74) is 8.25. The van der Waals surface area contributed by atoms with Gasteiger partial charge in [0.05, 0.1) is 10.6 Å². The van der Waals surface area contributed by atoms with Crippen molar-refractivity contribution in [2.75, 3.05) is 5.73 Å². The predicted octanol–water partition coefficient (Wildman–Crippen LogP) is 5.00. The summed E-state index contributed by atoms with van der Waals surface area (Å²) in [6.07, 6.45) is 0. The maximum absolute atomic E-state index is 6.29. The van der Waals surface area contributed by atoms with E-state index < -0.39 is 0 Å². The van der Waals surface area contributed by atoms with E-state index in [1.807, 2.05) is 12.1 Å². The first-order valence-corrected chi connectivity index (χ1v) is 7.56. The highest BCUT2D eigenvalue weighted by atomic mass is 79.9. The second-order valence-corrected chi connectivity index (χ2v) is 6.09. The Bertz CT molecular complexity index is 826. The third-order valence-corrected chi connectivity index (χ3v) is 4.07. The monoisotopic (exact) mass is 385 g/mol. The maximum Gasteiger partial charge on any atom is 0.169 e. The van der Waals surface area contributed by atoms with Crippen molar-refractivity contribution in [2.24, 2.45) is 7.05 Å². The Hall–Kier alpha value is -1.43. The van der Waals surface area contributed by atoms with E-state index in [4.69, 9.17) is 33.4 Å². The first-order valence-electron chi connectivity index (χ1n) is 6.01. The van der Waals surface area contributed by atoms with Crippen LogP contribution in [0.3, 0.4) is 0 Å². The third kappa shape index (κ3) is 2.57. The molecule has 1 aromatic carbocycles. The smallest absolute Gasteiger partial charge is 0.169 e. The van der Waals surface area contributed by atoms with Gasteiger partial charge in [-0.15, -0.1) is 0 Å². The zero-order valence-electron chi connectivity index (χ0n) is 10.9. The lowest BCUT2D eigenvalue weighted by atomic mass is 10.0. The highest BCUT2D eigenvalue weighted by molar-refractivity contribution is 9.10. The molecule has 0 spiro atoms. The molecule has 0 radical (unpaired) electrons. The van der Waals surface area contributed by atoms with Gasteiger partial charge in [0.15, 0.2) is 10.4 Å². The number of aryl methyl sites for hydroxylation is 1. The average Bonchev–Trinajstić information content (AvgIpc) is 2.96. The van der Waals surface area contributed by atoms with Gasteiger partial charge in [0.1, 0.15) is 11.5 Å². The minimum absolute atomic E-state index is 0.502. The van der Waals surface area contributed by atoms with Crippen molar-refractivity contribution in [3.05, 3.63) is 45.0 Å². The number of anilines is 1. The number of hydrogen-bond donors (Lipinski definition) is 1. The molecule has 2 N–H and O–H groups in total. The molecule has 0 bridgehead atoms. The minimum Gasteiger partial charge on any atom is -0.448 e. The summed E-state index contributed by atoms with van der Waals surface area (Å²) in [7, 11) is 1.77. The number of benzene rings is 1. The van der Waals surface area contributed by atoms with Gasteiger partial charge in [-0.3, -0.25) is 4.68 Å². The highest BCUT2D eigenvalue weighted by Gasteiger charge is 2.21. The lowest BCUT2D eigenvalue weighted by molar-refractivity contribution is 0.552. The van der Waals surface area contributed by atoms with Crippen LogP contribution in [0.5, 0.6) is 0 Å². The molecule has 2 aromatic heterocycles. The molecule has 3 rings (SSSR count). The average molecular weight is 387 g/mol. The number of rotatable bonds is 2. The van der Waals surface area contributed by atoms with Gasteiger partial charge in [-0.25, -0.2) is 0 Å². The number of nitrogens with zero attached hydrogens (tertiary/aromatic N) is 2. The SMILES string of the molecule is Cn1nc(-c2ccc(Br)o2)c(-c2ccc(Cl)cc2Cl)c1N. The van der Waals surface area contributed by atoms with Crippen molar-refractivity contribution in [3.63, 3.8) is 0 Å². The Balaban J connectivity index is 2.26. The summed E-state index contributed by atoms with van der Waals surface area (Å²) < 4.78 is 7.79. The van der Waals surface area contributed by atoms with Crippen molar-refractivity contribution in [2.45, 2.75) is 0 Å². The zero-order chi connectivity index (χ0) is 15.1. The Morgan fingerprint density at radius 1 is 1.24 bits per heavy atom. The molecule has 2 heterocycles. The molecule has 0 saturated carbocycles. The molecule has 108 valence electrons. The van der Waals surface area contributed by atoms with Gasteiger partial charge in [-0.2, -0.15) is 5.10 Å². The van der Waals surface area contributed by atoms with Crippen LogP contribution < -0.4 is 5.73 Å². The van der Waals surface area contributed by atoms with E-state index in [0.717, 1.165) is 11.1 Å². The van der Waals surface area contributed by atoms with Crippen LogP contribution in [0.25, 0.3) is 22.6 Å². The van der Waals surface area contributed by atoms with Gasteiger partial charge < -0.3 is 10.2 Å². The van der Waals surface area contributed by atoms with E-state index >= 15 is 0 Å². The Kier molecular flexibility index (Phi) is 3.73. The van der Waals surface area contributed by atoms with E-state index in [2.05, 4.69) is 21.0 Å². The predicted molar refractivity (Wildman–Crippen MR) is 88.5 cm³/mol. The van der Waals surface area contributed by atoms with Crippen LogP contribution in [0.4, 0.5) is 5.82 Å². The summed E-state index contributed by atoms with van der Waals surface area (Å²) >= 11 is 15.5. The molecule has 0 aliphatic rings. The molecule has 21 heavy (non-hydrogen) atoms. The normalized spacial score (nSPS) is 11.0. The topological polar surface area (TPSA) is 57.0 Å². The summed E-state index contributed by atoms with van der Waals surface area (Å²) in [4.78, 5) is 0. The van der Waals surface area contributed by atoms with Crippen molar-refractivity contribution < 1.29 is 4.42 Å². The molecular weight excluding hydrogens is 377 g/mol. The van der Waals surface area contributed by atoms with E-state index in [-0.39, 0.29) is 0 Å². The summed E-state index contributed by atoms with van der Waals surface area (Å²) in [5.74, 6) is 1.11. The van der Waals surface area contributed by atoms with Crippen molar-refractivity contribution in [3.8, 4) is 22.6 Å². The second kappa shape index (κ2) is 5.40. The summed E-state index contributed by atoms with van der Waals surface area (Å²) in [6.45, 7) is 0. The van der Waals surface area contributed by atoms with Crippen LogP contribution in [-0.2, 0) is 7.05 Å². The van der Waals surface area contributed by atoms with Gasteiger partial charge in [-0.05, 0) is 40.2 Å². The summed E-state index contributed by atoms with van der Waals surface area (Å²) in [6, 6.07) is 8.87. The molecule has 0 fully saturated rings. The number of furan rings is 1. The standard InChI is InChI=1S/C14H10BrCl2N3O/c1-20-14(18)12(8-3-2-7(16)6-9(8)17)13(19-20)10-4-5-11(15)21-10/h2-6H,18H2,1H3. The minimum atomic E-state index is 0.502. The molecule has 3 aromatic rings. The number of hydrogen-bond acceptors (Lipinski definition) is 3. The van der Waals surface area contributed by atoms with Crippen LogP contribution in [0.2, 0.25) is 10.0 Å². The second-order valence-electron chi connectivity index (χ2n) is 4.46. The van der Waals surface area contributed by atoms with Gasteiger partial charge >= 0.3 is 0 Å². The Morgan fingerprint density at radius 2 is 2.00 bits per heavy atom. The number of aromatic nitrogens is 2. The molecule has 4 nitrogen and oxygen atoms in total. The molecule has 7 heteroatoms. The van der Waals surface area contributed by atoms with Crippen molar-refractivity contribution in [1.29, 1.82) is 0 Å². The fourth-order valence-corrected chi connectivity index (χ4v) is 2.92. The molecule has 0 amide bonds. The van der Waals surface area contributed by atoms with Crippen LogP contribution >= 0.6 is 39.1 Å². The van der Waals surface area contributed by atoms with Crippen LogP contribution in [0, 0.1) is 0 Å². The first-order chi connectivity index (χ1) is 9.97. The molecule has 0 atom stereocenters. The number of halogens is 3. The zero-order valence-corrected chi connectivity index (χ0v) is 14.0. The molecule has 0 aliphatic carbocycles. The van der Waals surface area contributed by atoms with E-state index in [9.17, 15) is 0 Å². The van der Waals surface area contributed by atoms with E-state index in [1.165, 1.54) is 0 Å². The first kappa shape index (κ1) is 14.5. The highest BCUT2D eigenvalue weighted by Crippen LogP contribution is 2.40. The van der Waals surface area contributed by atoms with Gasteiger partial charge in [0.25, 0.3) is 0 Å². The maximum atomic E-state index is 6.29. The summed E-state index contributed by atoms with van der Waals surface area (Å²) in [5, 5.41) is 5.49. The van der Waals surface area contributed by atoms with Crippen LogP contribution in [-0.4, -0.2) is 9.78 Å². The molecule has 0 unspecified atom stereocenters. The third-order valence-electron chi connectivity index (χ3n) is 3.10. The van der Waals surface area contributed by atoms with Crippen LogP contribution in [0.1, 0.15) is 0 Å². The Labute approximate surface area is 139 Å². The Morgan fingerprint density at radius 3 is 2.62 bits per heavy atom. The molecular formula is C14H10BrCl2N3O. The van der Waals surface area contributed by atoms with E-state index in [0.29, 0.717) is 32.0 Å². The van der Waals surface area contributed by atoms with Gasteiger partial charge in [-0.1, -0.05) is 29.3 Å². The van der Waals surface area contributed by atoms with Crippen molar-refractivity contribution >= 4 is 44.9 Å². The van der Waals surface area contributed by atoms with Crippen molar-refractivity contribution in [1.82, 2.24) is 9.78 Å². The fourth-order valence-electron chi connectivity index (χ4n) is 2.11. The van der Waals surface area contributed by atoms with Crippen LogP contribution in [0.15, 0.2) is 39.4 Å². The quantitative estimate of drug-likeness (QED) is 0.674. The number of nitrogens with two attached hydrogens (primary N) is 1. The molecule has 0 saturated heterocycles. The molecule has 0 aliphatic heterocycles.